The summed E-state index contributed by atoms with van der Waals surface area (Å²) in [4.78, 5) is 29.4. The highest BCUT2D eigenvalue weighted by Crippen LogP contribution is 2.54. The van der Waals surface area contributed by atoms with Crippen LogP contribution in [0.25, 0.3) is 0 Å². The number of nitrogens with one attached hydrogen (secondary N) is 1. The molecule has 0 unspecified atom stereocenters. The SMILES string of the molecule is CC(C)c1ccc(NC(=O)N2CCS[C@@]23C(=O)N(Cc2ccccc2F)c2ccccc23)cc1. The molecule has 1 saturated heterocycles. The van der Waals surface area contributed by atoms with Crippen LogP contribution in [-0.2, 0) is 16.2 Å². The molecule has 5 rings (SSSR count). The molecule has 0 aromatic heterocycles. The number of amides is 3. The Morgan fingerprint density at radius 2 is 1.76 bits per heavy atom. The van der Waals surface area contributed by atoms with Gasteiger partial charge in [-0.15, -0.1) is 11.8 Å². The molecule has 0 aliphatic carbocycles. The Morgan fingerprint density at radius 3 is 2.50 bits per heavy atom. The van der Waals surface area contributed by atoms with Crippen LogP contribution in [0.2, 0.25) is 0 Å². The van der Waals surface area contributed by atoms with Gasteiger partial charge >= 0.3 is 6.03 Å². The number of hydrogen-bond acceptors (Lipinski definition) is 3. The van der Waals surface area contributed by atoms with E-state index in [0.29, 0.717) is 35.2 Å². The monoisotopic (exact) mass is 475 g/mol. The molecule has 2 heterocycles. The van der Waals surface area contributed by atoms with E-state index in [9.17, 15) is 14.0 Å². The van der Waals surface area contributed by atoms with Gasteiger partial charge in [0.2, 0.25) is 0 Å². The Bertz CT molecular complexity index is 1250. The van der Waals surface area contributed by atoms with E-state index < -0.39 is 4.87 Å². The van der Waals surface area contributed by atoms with E-state index in [-0.39, 0.29) is 24.3 Å². The van der Waals surface area contributed by atoms with E-state index in [4.69, 9.17) is 0 Å². The zero-order valence-electron chi connectivity index (χ0n) is 19.1. The van der Waals surface area contributed by atoms with E-state index in [2.05, 4.69) is 19.2 Å². The van der Waals surface area contributed by atoms with Gasteiger partial charge in [0, 0.05) is 29.1 Å². The third kappa shape index (κ3) is 3.64. The number of para-hydroxylation sites is 1. The van der Waals surface area contributed by atoms with Crippen molar-refractivity contribution < 1.29 is 14.0 Å². The second kappa shape index (κ2) is 8.80. The van der Waals surface area contributed by atoms with Crippen molar-refractivity contribution in [2.75, 3.05) is 22.5 Å². The number of thioether (sulfide) groups is 1. The van der Waals surface area contributed by atoms with E-state index in [0.717, 1.165) is 5.56 Å². The highest BCUT2D eigenvalue weighted by molar-refractivity contribution is 8.01. The number of nitrogens with zero attached hydrogens (tertiary/aromatic N) is 2. The molecule has 1 fully saturated rings. The lowest BCUT2D eigenvalue weighted by Gasteiger charge is -2.33. The van der Waals surface area contributed by atoms with Crippen molar-refractivity contribution >= 4 is 35.1 Å². The Labute approximate surface area is 202 Å². The summed E-state index contributed by atoms with van der Waals surface area (Å²) in [6, 6.07) is 21.4. The number of benzene rings is 3. The van der Waals surface area contributed by atoms with Crippen LogP contribution < -0.4 is 10.2 Å². The Hall–Kier alpha value is -3.32. The van der Waals surface area contributed by atoms with Crippen molar-refractivity contribution in [2.45, 2.75) is 31.2 Å². The van der Waals surface area contributed by atoms with Crippen LogP contribution in [0.15, 0.2) is 72.8 Å². The number of hydrogen-bond donors (Lipinski definition) is 1. The molecule has 174 valence electrons. The summed E-state index contributed by atoms with van der Waals surface area (Å²) >= 11 is 1.46. The highest BCUT2D eigenvalue weighted by atomic mass is 32.2. The van der Waals surface area contributed by atoms with Gasteiger partial charge in [0.25, 0.3) is 5.91 Å². The zero-order valence-corrected chi connectivity index (χ0v) is 19.9. The maximum absolute atomic E-state index is 14.4. The first-order chi connectivity index (χ1) is 16.4. The number of halogens is 1. The molecule has 1 N–H and O–H groups in total. The molecule has 3 aromatic carbocycles. The largest absolute Gasteiger partial charge is 0.323 e. The highest BCUT2D eigenvalue weighted by Gasteiger charge is 2.59. The molecule has 5 nitrogen and oxygen atoms in total. The fourth-order valence-corrected chi connectivity index (χ4v) is 6.13. The van der Waals surface area contributed by atoms with Crippen LogP contribution in [0.3, 0.4) is 0 Å². The number of carbonyl (C=O) groups excluding carboxylic acids is 2. The first-order valence-electron chi connectivity index (χ1n) is 11.4. The van der Waals surface area contributed by atoms with Gasteiger partial charge in [-0.1, -0.05) is 62.4 Å². The van der Waals surface area contributed by atoms with Crippen LogP contribution in [0.1, 0.15) is 36.5 Å². The second-order valence-corrected chi connectivity index (χ2v) is 10.1. The van der Waals surface area contributed by atoms with Crippen molar-refractivity contribution in [3.05, 3.63) is 95.3 Å². The molecule has 3 aromatic rings. The maximum Gasteiger partial charge on any atom is 0.323 e. The second-order valence-electron chi connectivity index (χ2n) is 8.85. The molecule has 0 radical (unpaired) electrons. The normalized spacial score (nSPS) is 19.2. The molecule has 34 heavy (non-hydrogen) atoms. The molecular weight excluding hydrogens is 449 g/mol. The van der Waals surface area contributed by atoms with Crippen LogP contribution >= 0.6 is 11.8 Å². The van der Waals surface area contributed by atoms with Crippen molar-refractivity contribution in [1.82, 2.24) is 4.90 Å². The summed E-state index contributed by atoms with van der Waals surface area (Å²) in [5, 5.41) is 2.97. The summed E-state index contributed by atoms with van der Waals surface area (Å²) in [5.74, 6) is 0.459. The third-order valence-electron chi connectivity index (χ3n) is 6.46. The van der Waals surface area contributed by atoms with Crippen LogP contribution in [0, 0.1) is 5.82 Å². The predicted octanol–water partition coefficient (Wildman–Crippen LogP) is 5.93. The molecule has 2 aliphatic rings. The van der Waals surface area contributed by atoms with Gasteiger partial charge in [-0.25, -0.2) is 9.18 Å². The molecule has 2 aliphatic heterocycles. The number of fused-ring (bicyclic) bond motifs is 2. The molecule has 7 heteroatoms. The minimum atomic E-state index is -1.16. The Balaban J connectivity index is 1.47. The van der Waals surface area contributed by atoms with Gasteiger partial charge < -0.3 is 10.2 Å². The maximum atomic E-state index is 14.4. The van der Waals surface area contributed by atoms with Crippen molar-refractivity contribution in [1.29, 1.82) is 0 Å². The van der Waals surface area contributed by atoms with Gasteiger partial charge in [0.15, 0.2) is 4.87 Å². The fourth-order valence-electron chi connectivity index (χ4n) is 4.66. The lowest BCUT2D eigenvalue weighted by Crippen LogP contribution is -2.51. The fraction of sp³-hybridized carbons (Fsp3) is 0.259. The van der Waals surface area contributed by atoms with E-state index in [1.165, 1.54) is 23.4 Å². The van der Waals surface area contributed by atoms with Crippen molar-refractivity contribution in [3.8, 4) is 0 Å². The average Bonchev–Trinajstić information content (AvgIpc) is 3.38. The van der Waals surface area contributed by atoms with Crippen LogP contribution in [-0.4, -0.2) is 29.1 Å². The quantitative estimate of drug-likeness (QED) is 0.509. The third-order valence-corrected chi connectivity index (χ3v) is 7.88. The topological polar surface area (TPSA) is 52.7 Å². The number of carbonyl (C=O) groups is 2. The number of urea groups is 1. The van der Waals surface area contributed by atoms with Gasteiger partial charge in [-0.2, -0.15) is 0 Å². The van der Waals surface area contributed by atoms with E-state index >= 15 is 0 Å². The van der Waals surface area contributed by atoms with Gasteiger partial charge in [0.05, 0.1) is 12.2 Å². The van der Waals surface area contributed by atoms with Crippen molar-refractivity contribution in [2.24, 2.45) is 0 Å². The predicted molar refractivity (Wildman–Crippen MR) is 134 cm³/mol. The van der Waals surface area contributed by atoms with Gasteiger partial charge in [0.1, 0.15) is 5.82 Å². The lowest BCUT2D eigenvalue weighted by atomic mass is 10.0. The molecule has 0 saturated carbocycles. The lowest BCUT2D eigenvalue weighted by molar-refractivity contribution is -0.123. The molecule has 3 amide bonds. The number of rotatable bonds is 4. The van der Waals surface area contributed by atoms with Gasteiger partial charge in [-0.05, 0) is 35.7 Å². The van der Waals surface area contributed by atoms with Crippen LogP contribution in [0.4, 0.5) is 20.6 Å². The Kier molecular flexibility index (Phi) is 5.81. The molecular formula is C27H26FN3O2S. The Morgan fingerprint density at radius 1 is 1.06 bits per heavy atom. The molecule has 1 atom stereocenters. The summed E-state index contributed by atoms with van der Waals surface area (Å²) in [5.41, 5.74) is 3.79. The standard InChI is InChI=1S/C27H26FN3O2S/c1-18(2)19-11-13-21(14-12-19)29-26(33)31-15-16-34-27(31)22-8-4-6-10-24(22)30(25(27)32)17-20-7-3-5-9-23(20)28/h3-14,18H,15-17H2,1-2H3,(H,29,33)/t27-/m0/s1. The zero-order chi connectivity index (χ0) is 23.9. The summed E-state index contributed by atoms with van der Waals surface area (Å²) < 4.78 is 14.4. The number of anilines is 2. The molecule has 0 bridgehead atoms. The first-order valence-corrected chi connectivity index (χ1v) is 12.4. The molecule has 1 spiro atoms. The van der Waals surface area contributed by atoms with Crippen LogP contribution in [0.5, 0.6) is 0 Å². The van der Waals surface area contributed by atoms with E-state index in [1.807, 2.05) is 48.5 Å². The minimum Gasteiger partial charge on any atom is -0.308 e. The summed E-state index contributed by atoms with van der Waals surface area (Å²) in [6.07, 6.45) is 0. The van der Waals surface area contributed by atoms with Crippen molar-refractivity contribution in [3.63, 3.8) is 0 Å². The minimum absolute atomic E-state index is 0.108. The summed E-state index contributed by atoms with van der Waals surface area (Å²) in [6.45, 7) is 4.79. The van der Waals surface area contributed by atoms with Gasteiger partial charge in [-0.3, -0.25) is 9.69 Å². The first kappa shape index (κ1) is 22.5. The average molecular weight is 476 g/mol. The summed E-state index contributed by atoms with van der Waals surface area (Å²) in [7, 11) is 0. The van der Waals surface area contributed by atoms with E-state index in [1.54, 1.807) is 28.0 Å². The smallest absolute Gasteiger partial charge is 0.308 e.